The van der Waals surface area contributed by atoms with Crippen molar-refractivity contribution in [2.75, 3.05) is 19.7 Å². The fourth-order valence-corrected chi connectivity index (χ4v) is 4.59. The third-order valence-corrected chi connectivity index (χ3v) is 6.56. The Labute approximate surface area is 209 Å². The summed E-state index contributed by atoms with van der Waals surface area (Å²) in [6, 6.07) is 20.1. The number of hydrogen-bond donors (Lipinski definition) is 2. The zero-order valence-corrected chi connectivity index (χ0v) is 20.0. The SMILES string of the molecule is C=C(C)c1ccc(-c2cc3c(-c4ccc(OC5CCN(C(=O)CO)C5)c(C#N)c4)ccnc3[nH]2)cc1. The zero-order chi connectivity index (χ0) is 25.2. The van der Waals surface area contributed by atoms with Crippen LogP contribution < -0.4 is 4.74 Å². The average Bonchev–Trinajstić information content (AvgIpc) is 3.56. The molecular formula is C29H26N4O3. The Hall–Kier alpha value is -4.41. The average molecular weight is 479 g/mol. The molecule has 2 N–H and O–H groups in total. The van der Waals surface area contributed by atoms with Gasteiger partial charge < -0.3 is 19.7 Å². The van der Waals surface area contributed by atoms with Gasteiger partial charge in [-0.3, -0.25) is 4.79 Å². The van der Waals surface area contributed by atoms with Crippen LogP contribution in [-0.4, -0.2) is 51.7 Å². The number of pyridine rings is 1. The molecule has 1 saturated heterocycles. The molecule has 3 heterocycles. The number of fused-ring (bicyclic) bond motifs is 1. The summed E-state index contributed by atoms with van der Waals surface area (Å²) >= 11 is 0. The molecule has 0 spiro atoms. The van der Waals surface area contributed by atoms with E-state index >= 15 is 0 Å². The number of carbonyl (C=O) groups is 1. The summed E-state index contributed by atoms with van der Waals surface area (Å²) < 4.78 is 6.07. The molecule has 2 aromatic carbocycles. The largest absolute Gasteiger partial charge is 0.487 e. The number of allylic oxidation sites excluding steroid dienone is 1. The molecule has 1 aliphatic heterocycles. The molecule has 1 aliphatic rings. The number of aromatic amines is 1. The van der Waals surface area contributed by atoms with Crippen molar-refractivity contribution in [2.45, 2.75) is 19.4 Å². The summed E-state index contributed by atoms with van der Waals surface area (Å²) in [4.78, 5) is 21.2. The van der Waals surface area contributed by atoms with Crippen LogP contribution in [0.25, 0.3) is 39.0 Å². The van der Waals surface area contributed by atoms with E-state index in [0.29, 0.717) is 30.8 Å². The van der Waals surface area contributed by atoms with Crippen LogP contribution in [0.2, 0.25) is 0 Å². The lowest BCUT2D eigenvalue weighted by molar-refractivity contribution is -0.133. The topological polar surface area (TPSA) is 102 Å². The molecular weight excluding hydrogens is 452 g/mol. The van der Waals surface area contributed by atoms with Crippen molar-refractivity contribution in [3.63, 3.8) is 0 Å². The van der Waals surface area contributed by atoms with E-state index in [9.17, 15) is 10.1 Å². The molecule has 0 aliphatic carbocycles. The molecule has 7 nitrogen and oxygen atoms in total. The van der Waals surface area contributed by atoms with Crippen LogP contribution in [-0.2, 0) is 4.79 Å². The Morgan fingerprint density at radius 3 is 2.72 bits per heavy atom. The summed E-state index contributed by atoms with van der Waals surface area (Å²) in [5.74, 6) is 0.179. The molecule has 4 aromatic rings. The van der Waals surface area contributed by atoms with Crippen LogP contribution in [0, 0.1) is 11.3 Å². The molecule has 1 unspecified atom stereocenters. The minimum atomic E-state index is -0.508. The molecule has 1 atom stereocenters. The van der Waals surface area contributed by atoms with Gasteiger partial charge in [-0.2, -0.15) is 5.26 Å². The lowest BCUT2D eigenvalue weighted by Gasteiger charge is -2.17. The first-order chi connectivity index (χ1) is 17.5. The van der Waals surface area contributed by atoms with Gasteiger partial charge in [0.2, 0.25) is 5.91 Å². The standard InChI is InChI=1S/C29H26N4O3/c1-18(2)19-3-5-20(6-4-19)26-14-25-24(9-11-31-29(25)32-26)21-7-8-27(22(13-21)15-30)36-23-10-12-33(16-23)28(35)17-34/h3-9,11,13-14,23,34H,1,10,12,16-17H2,2H3,(H,31,32). The van der Waals surface area contributed by atoms with E-state index in [1.165, 1.54) is 0 Å². The minimum absolute atomic E-state index is 0.213. The van der Waals surface area contributed by atoms with Gasteiger partial charge in [-0.05, 0) is 53.4 Å². The second kappa shape index (κ2) is 9.68. The smallest absolute Gasteiger partial charge is 0.248 e. The monoisotopic (exact) mass is 478 g/mol. The normalized spacial score (nSPS) is 15.1. The number of benzene rings is 2. The van der Waals surface area contributed by atoms with Gasteiger partial charge in [0.1, 0.15) is 30.2 Å². The molecule has 0 saturated carbocycles. The number of nitrogens with one attached hydrogen (secondary N) is 1. The molecule has 1 amide bonds. The predicted molar refractivity (Wildman–Crippen MR) is 139 cm³/mol. The van der Waals surface area contributed by atoms with Crippen molar-refractivity contribution in [1.29, 1.82) is 5.26 Å². The number of aliphatic hydroxyl groups is 1. The van der Waals surface area contributed by atoms with Gasteiger partial charge in [0.15, 0.2) is 0 Å². The number of likely N-dealkylation sites (tertiary alicyclic amines) is 1. The molecule has 0 radical (unpaired) electrons. The maximum atomic E-state index is 11.7. The molecule has 2 aromatic heterocycles. The van der Waals surface area contributed by atoms with Gasteiger partial charge in [-0.25, -0.2) is 4.98 Å². The maximum Gasteiger partial charge on any atom is 0.248 e. The number of rotatable bonds is 6. The Bertz CT molecular complexity index is 1500. The molecule has 7 heteroatoms. The lowest BCUT2D eigenvalue weighted by atomic mass is 10.0. The van der Waals surface area contributed by atoms with E-state index in [1.807, 2.05) is 25.1 Å². The Kier molecular flexibility index (Phi) is 6.28. The second-order valence-electron chi connectivity index (χ2n) is 9.01. The van der Waals surface area contributed by atoms with Gasteiger partial charge >= 0.3 is 0 Å². The van der Waals surface area contributed by atoms with Crippen LogP contribution in [0.15, 0.2) is 67.4 Å². The number of amides is 1. The predicted octanol–water partition coefficient (Wildman–Crippen LogP) is 4.77. The summed E-state index contributed by atoms with van der Waals surface area (Å²) in [7, 11) is 0. The summed E-state index contributed by atoms with van der Waals surface area (Å²) in [6.45, 7) is 6.41. The number of nitrogens with zero attached hydrogens (tertiary/aromatic N) is 3. The van der Waals surface area contributed by atoms with Crippen molar-refractivity contribution in [1.82, 2.24) is 14.9 Å². The van der Waals surface area contributed by atoms with Crippen molar-refractivity contribution >= 4 is 22.5 Å². The van der Waals surface area contributed by atoms with Crippen LogP contribution in [0.5, 0.6) is 5.75 Å². The van der Waals surface area contributed by atoms with Crippen LogP contribution in [0.1, 0.15) is 24.5 Å². The fraction of sp³-hybridized carbons (Fsp3) is 0.207. The first-order valence-corrected chi connectivity index (χ1v) is 11.8. The van der Waals surface area contributed by atoms with Gasteiger partial charge in [0, 0.05) is 30.2 Å². The van der Waals surface area contributed by atoms with E-state index in [4.69, 9.17) is 9.84 Å². The second-order valence-corrected chi connectivity index (χ2v) is 9.01. The van der Waals surface area contributed by atoms with Crippen molar-refractivity contribution < 1.29 is 14.6 Å². The van der Waals surface area contributed by atoms with Crippen LogP contribution >= 0.6 is 0 Å². The maximum absolute atomic E-state index is 11.7. The highest BCUT2D eigenvalue weighted by Gasteiger charge is 2.27. The number of ether oxygens (including phenoxy) is 1. The quantitative estimate of drug-likeness (QED) is 0.415. The van der Waals surface area contributed by atoms with Crippen molar-refractivity contribution in [3.8, 4) is 34.2 Å². The number of aliphatic hydroxyl groups excluding tert-OH is 1. The van der Waals surface area contributed by atoms with Crippen molar-refractivity contribution in [2.24, 2.45) is 0 Å². The van der Waals surface area contributed by atoms with Gasteiger partial charge in [0.25, 0.3) is 0 Å². The van der Waals surface area contributed by atoms with E-state index in [1.54, 1.807) is 17.2 Å². The molecule has 180 valence electrons. The highest BCUT2D eigenvalue weighted by atomic mass is 16.5. The van der Waals surface area contributed by atoms with Crippen molar-refractivity contribution in [3.05, 3.63) is 78.5 Å². The van der Waals surface area contributed by atoms with E-state index in [2.05, 4.69) is 52.9 Å². The third kappa shape index (κ3) is 4.47. The lowest BCUT2D eigenvalue weighted by Crippen LogP contribution is -2.32. The number of H-pyrrole nitrogens is 1. The number of nitriles is 1. The van der Waals surface area contributed by atoms with E-state index in [-0.39, 0.29) is 12.0 Å². The Morgan fingerprint density at radius 1 is 1.22 bits per heavy atom. The Balaban J connectivity index is 1.43. The molecule has 36 heavy (non-hydrogen) atoms. The van der Waals surface area contributed by atoms with Crippen LogP contribution in [0.3, 0.4) is 0 Å². The summed E-state index contributed by atoms with van der Waals surface area (Å²) in [6.07, 6.45) is 2.20. The van der Waals surface area contributed by atoms with E-state index in [0.717, 1.165) is 44.6 Å². The third-order valence-electron chi connectivity index (χ3n) is 6.56. The van der Waals surface area contributed by atoms with Gasteiger partial charge in [0.05, 0.1) is 12.1 Å². The summed E-state index contributed by atoms with van der Waals surface area (Å²) in [5, 5.41) is 19.9. The van der Waals surface area contributed by atoms with E-state index < -0.39 is 6.61 Å². The first-order valence-electron chi connectivity index (χ1n) is 11.8. The minimum Gasteiger partial charge on any atom is -0.487 e. The molecule has 5 rings (SSSR count). The van der Waals surface area contributed by atoms with Crippen LogP contribution in [0.4, 0.5) is 0 Å². The number of hydrogen-bond acceptors (Lipinski definition) is 5. The fourth-order valence-electron chi connectivity index (χ4n) is 4.59. The number of aromatic nitrogens is 2. The summed E-state index contributed by atoms with van der Waals surface area (Å²) in [5.41, 5.74) is 7.18. The Morgan fingerprint density at radius 2 is 2.00 bits per heavy atom. The number of carbonyl (C=O) groups excluding carboxylic acids is 1. The van der Waals surface area contributed by atoms with Gasteiger partial charge in [-0.1, -0.05) is 42.5 Å². The highest BCUT2D eigenvalue weighted by Crippen LogP contribution is 2.34. The molecule has 0 bridgehead atoms. The zero-order valence-electron chi connectivity index (χ0n) is 20.0. The van der Waals surface area contributed by atoms with Gasteiger partial charge in [-0.15, -0.1) is 0 Å². The highest BCUT2D eigenvalue weighted by molar-refractivity contribution is 5.96. The molecule has 1 fully saturated rings. The first kappa shape index (κ1) is 23.3.